The SMILES string of the molecule is CCNC(c1ccc(OC)cc1)c1cc(CC)nn1CC. The highest BCUT2D eigenvalue weighted by molar-refractivity contribution is 5.34. The average Bonchev–Trinajstić information content (AvgIpc) is 2.96. The molecule has 2 rings (SSSR count). The second-order valence-electron chi connectivity index (χ2n) is 4.99. The first-order valence-corrected chi connectivity index (χ1v) is 7.67. The van der Waals surface area contributed by atoms with Crippen molar-refractivity contribution in [1.82, 2.24) is 15.1 Å². The number of nitrogens with zero attached hydrogens (tertiary/aromatic N) is 2. The highest BCUT2D eigenvalue weighted by Gasteiger charge is 2.18. The second-order valence-corrected chi connectivity index (χ2v) is 4.99. The zero-order valence-corrected chi connectivity index (χ0v) is 13.4. The summed E-state index contributed by atoms with van der Waals surface area (Å²) in [4.78, 5) is 0. The minimum absolute atomic E-state index is 0.161. The van der Waals surface area contributed by atoms with E-state index in [9.17, 15) is 0 Å². The molecule has 0 amide bonds. The third kappa shape index (κ3) is 3.45. The molecule has 0 aliphatic heterocycles. The van der Waals surface area contributed by atoms with Gasteiger partial charge < -0.3 is 10.1 Å². The molecule has 1 unspecified atom stereocenters. The molecule has 1 atom stereocenters. The average molecular weight is 287 g/mol. The van der Waals surface area contributed by atoms with Gasteiger partial charge in [0.25, 0.3) is 0 Å². The van der Waals surface area contributed by atoms with Gasteiger partial charge >= 0.3 is 0 Å². The maximum Gasteiger partial charge on any atom is 0.118 e. The van der Waals surface area contributed by atoms with Gasteiger partial charge in [-0.15, -0.1) is 0 Å². The predicted molar refractivity (Wildman–Crippen MR) is 85.8 cm³/mol. The Morgan fingerprint density at radius 3 is 2.43 bits per heavy atom. The molecule has 0 saturated carbocycles. The highest BCUT2D eigenvalue weighted by Crippen LogP contribution is 2.25. The van der Waals surface area contributed by atoms with Crippen LogP contribution < -0.4 is 10.1 Å². The Kier molecular flexibility index (Phi) is 5.39. The number of nitrogens with one attached hydrogen (secondary N) is 1. The lowest BCUT2D eigenvalue weighted by Crippen LogP contribution is -2.24. The summed E-state index contributed by atoms with van der Waals surface area (Å²) in [6.45, 7) is 8.19. The van der Waals surface area contributed by atoms with Crippen LogP contribution in [0.1, 0.15) is 43.8 Å². The molecule has 0 bridgehead atoms. The number of aromatic nitrogens is 2. The fourth-order valence-corrected chi connectivity index (χ4v) is 2.54. The van der Waals surface area contributed by atoms with Crippen LogP contribution in [0.25, 0.3) is 0 Å². The van der Waals surface area contributed by atoms with Gasteiger partial charge in [0, 0.05) is 6.54 Å². The van der Waals surface area contributed by atoms with E-state index in [2.05, 4.69) is 54.1 Å². The van der Waals surface area contributed by atoms with Crippen molar-refractivity contribution in [3.05, 3.63) is 47.3 Å². The molecule has 1 heterocycles. The second kappa shape index (κ2) is 7.27. The van der Waals surface area contributed by atoms with Crippen LogP contribution in [0.4, 0.5) is 0 Å². The van der Waals surface area contributed by atoms with Gasteiger partial charge in [0.15, 0.2) is 0 Å². The van der Waals surface area contributed by atoms with Gasteiger partial charge in [-0.2, -0.15) is 5.10 Å². The van der Waals surface area contributed by atoms with E-state index in [1.807, 2.05) is 12.1 Å². The Hall–Kier alpha value is -1.81. The molecule has 0 aliphatic carbocycles. The van der Waals surface area contributed by atoms with E-state index in [1.165, 1.54) is 11.3 Å². The first-order valence-electron chi connectivity index (χ1n) is 7.67. The minimum Gasteiger partial charge on any atom is -0.497 e. The molecule has 1 aromatic carbocycles. The van der Waals surface area contributed by atoms with Crippen molar-refractivity contribution in [2.75, 3.05) is 13.7 Å². The fraction of sp³-hybridized carbons (Fsp3) is 0.471. The largest absolute Gasteiger partial charge is 0.497 e. The summed E-state index contributed by atoms with van der Waals surface area (Å²) in [5.41, 5.74) is 3.60. The van der Waals surface area contributed by atoms with Crippen molar-refractivity contribution in [3.63, 3.8) is 0 Å². The maximum absolute atomic E-state index is 5.24. The molecule has 4 nitrogen and oxygen atoms in total. The zero-order valence-electron chi connectivity index (χ0n) is 13.4. The first kappa shape index (κ1) is 15.6. The van der Waals surface area contributed by atoms with Gasteiger partial charge in [-0.1, -0.05) is 26.0 Å². The van der Waals surface area contributed by atoms with Crippen LogP contribution in [0.2, 0.25) is 0 Å². The standard InChI is InChI=1S/C17H25N3O/c1-5-14-12-16(20(7-3)19-14)17(18-6-2)13-8-10-15(21-4)11-9-13/h8-12,17-18H,5-7H2,1-4H3. The first-order chi connectivity index (χ1) is 10.2. The molecule has 1 aromatic heterocycles. The normalized spacial score (nSPS) is 12.4. The molecule has 114 valence electrons. The fourth-order valence-electron chi connectivity index (χ4n) is 2.54. The quantitative estimate of drug-likeness (QED) is 0.850. The molecule has 0 saturated heterocycles. The topological polar surface area (TPSA) is 39.1 Å². The Morgan fingerprint density at radius 2 is 1.90 bits per heavy atom. The van der Waals surface area contributed by atoms with E-state index in [0.29, 0.717) is 0 Å². The van der Waals surface area contributed by atoms with E-state index in [1.54, 1.807) is 7.11 Å². The molecule has 0 radical (unpaired) electrons. The molecule has 0 fully saturated rings. The lowest BCUT2D eigenvalue weighted by Gasteiger charge is -2.19. The molecule has 21 heavy (non-hydrogen) atoms. The van der Waals surface area contributed by atoms with Crippen LogP contribution in [0.3, 0.4) is 0 Å². The maximum atomic E-state index is 5.24. The minimum atomic E-state index is 0.161. The summed E-state index contributed by atoms with van der Waals surface area (Å²) in [5, 5.41) is 8.22. The molecule has 4 heteroatoms. The summed E-state index contributed by atoms with van der Waals surface area (Å²) in [5.74, 6) is 0.882. The molecular weight excluding hydrogens is 262 g/mol. The van der Waals surface area contributed by atoms with E-state index >= 15 is 0 Å². The summed E-state index contributed by atoms with van der Waals surface area (Å²) in [6.07, 6.45) is 0.960. The number of hydrogen-bond acceptors (Lipinski definition) is 3. The number of aryl methyl sites for hydroxylation is 2. The molecule has 0 spiro atoms. The van der Waals surface area contributed by atoms with Crippen molar-refractivity contribution in [2.24, 2.45) is 0 Å². The van der Waals surface area contributed by atoms with Crippen molar-refractivity contribution in [3.8, 4) is 5.75 Å². The van der Waals surface area contributed by atoms with Crippen molar-refractivity contribution >= 4 is 0 Å². The van der Waals surface area contributed by atoms with Gasteiger partial charge in [-0.25, -0.2) is 0 Å². The van der Waals surface area contributed by atoms with E-state index < -0.39 is 0 Å². The molecule has 2 aromatic rings. The number of benzene rings is 1. The summed E-state index contributed by atoms with van der Waals surface area (Å²) < 4.78 is 7.34. The van der Waals surface area contributed by atoms with Gasteiger partial charge in [0.05, 0.1) is 24.5 Å². The van der Waals surface area contributed by atoms with Crippen LogP contribution in [-0.4, -0.2) is 23.4 Å². The lowest BCUT2D eigenvalue weighted by atomic mass is 10.0. The lowest BCUT2D eigenvalue weighted by molar-refractivity contribution is 0.414. The Balaban J connectivity index is 2.39. The van der Waals surface area contributed by atoms with Crippen LogP contribution in [0.5, 0.6) is 5.75 Å². The van der Waals surface area contributed by atoms with Gasteiger partial charge in [0.1, 0.15) is 5.75 Å². The number of ether oxygens (including phenoxy) is 1. The summed E-state index contributed by atoms with van der Waals surface area (Å²) in [6, 6.07) is 10.6. The van der Waals surface area contributed by atoms with Crippen molar-refractivity contribution in [1.29, 1.82) is 0 Å². The Morgan fingerprint density at radius 1 is 1.19 bits per heavy atom. The van der Waals surface area contributed by atoms with Crippen LogP contribution in [0, 0.1) is 0 Å². The number of methoxy groups -OCH3 is 1. The number of hydrogen-bond donors (Lipinski definition) is 1. The van der Waals surface area contributed by atoms with Gasteiger partial charge in [0.2, 0.25) is 0 Å². The molecular formula is C17H25N3O. The van der Waals surface area contributed by atoms with Crippen LogP contribution in [0.15, 0.2) is 30.3 Å². The summed E-state index contributed by atoms with van der Waals surface area (Å²) >= 11 is 0. The summed E-state index contributed by atoms with van der Waals surface area (Å²) in [7, 11) is 1.69. The van der Waals surface area contributed by atoms with Crippen LogP contribution in [-0.2, 0) is 13.0 Å². The monoisotopic (exact) mass is 287 g/mol. The van der Waals surface area contributed by atoms with Crippen LogP contribution >= 0.6 is 0 Å². The third-order valence-electron chi connectivity index (χ3n) is 3.68. The van der Waals surface area contributed by atoms with Gasteiger partial charge in [-0.3, -0.25) is 4.68 Å². The third-order valence-corrected chi connectivity index (χ3v) is 3.68. The molecule has 0 aliphatic rings. The van der Waals surface area contributed by atoms with E-state index in [4.69, 9.17) is 4.74 Å². The molecule has 1 N–H and O–H groups in total. The smallest absolute Gasteiger partial charge is 0.118 e. The van der Waals surface area contributed by atoms with Crippen molar-refractivity contribution < 1.29 is 4.74 Å². The Bertz CT molecular complexity index is 560. The van der Waals surface area contributed by atoms with Gasteiger partial charge in [-0.05, 0) is 43.7 Å². The highest BCUT2D eigenvalue weighted by atomic mass is 16.5. The predicted octanol–water partition coefficient (Wildman–Crippen LogP) is 3.17. The van der Waals surface area contributed by atoms with E-state index in [0.717, 1.165) is 31.0 Å². The Labute approximate surface area is 127 Å². The van der Waals surface area contributed by atoms with Crippen molar-refractivity contribution in [2.45, 2.75) is 39.8 Å². The van der Waals surface area contributed by atoms with E-state index in [-0.39, 0.29) is 6.04 Å². The number of rotatable bonds is 7. The zero-order chi connectivity index (χ0) is 15.2.